The minimum Gasteiger partial charge on any atom is -0.444 e. The molecule has 0 aliphatic carbocycles. The van der Waals surface area contributed by atoms with Crippen LogP contribution in [0.5, 0.6) is 0 Å². The Bertz CT molecular complexity index is 1340. The van der Waals surface area contributed by atoms with E-state index in [-0.39, 0.29) is 17.7 Å². The summed E-state index contributed by atoms with van der Waals surface area (Å²) in [5.41, 5.74) is 5.20. The van der Waals surface area contributed by atoms with Crippen molar-refractivity contribution in [2.45, 2.75) is 71.4 Å². The fourth-order valence-corrected chi connectivity index (χ4v) is 5.40. The third-order valence-electron chi connectivity index (χ3n) is 7.13. The number of hydrogen-bond donors (Lipinski definition) is 0. The van der Waals surface area contributed by atoms with Crippen LogP contribution in [0.1, 0.15) is 58.2 Å². The third-order valence-corrected chi connectivity index (χ3v) is 7.13. The Morgan fingerprint density at radius 3 is 2.78 bits per heavy atom. The van der Waals surface area contributed by atoms with E-state index >= 15 is 0 Å². The normalized spacial score (nSPS) is 17.6. The van der Waals surface area contributed by atoms with Crippen LogP contribution in [0, 0.1) is 0 Å². The second kappa shape index (κ2) is 9.60. The molecule has 1 saturated heterocycles. The molecule has 7 nitrogen and oxygen atoms in total. The molecule has 0 spiro atoms. The summed E-state index contributed by atoms with van der Waals surface area (Å²) in [6.45, 7) is 10.2. The van der Waals surface area contributed by atoms with Crippen LogP contribution in [0.2, 0.25) is 0 Å². The van der Waals surface area contributed by atoms with E-state index < -0.39 is 5.60 Å². The summed E-state index contributed by atoms with van der Waals surface area (Å²) < 4.78 is 7.23. The van der Waals surface area contributed by atoms with Gasteiger partial charge in [0.1, 0.15) is 11.2 Å². The Kier molecular flexibility index (Phi) is 6.49. The van der Waals surface area contributed by atoms with Crippen LogP contribution in [0.4, 0.5) is 10.5 Å². The number of benzene rings is 1. The van der Waals surface area contributed by atoms with Crippen molar-refractivity contribution in [3.05, 3.63) is 64.2 Å². The molecular formula is C29H36N4O3. The molecule has 1 fully saturated rings. The van der Waals surface area contributed by atoms with Crippen LogP contribution < -0.4 is 10.5 Å². The third kappa shape index (κ3) is 4.71. The van der Waals surface area contributed by atoms with E-state index in [1.807, 2.05) is 43.9 Å². The summed E-state index contributed by atoms with van der Waals surface area (Å²) in [5.74, 6) is 0. The van der Waals surface area contributed by atoms with Gasteiger partial charge < -0.3 is 14.5 Å². The molecule has 3 aromatic rings. The lowest BCUT2D eigenvalue weighted by atomic mass is 9.99. The van der Waals surface area contributed by atoms with Gasteiger partial charge in [0.15, 0.2) is 0 Å². The van der Waals surface area contributed by atoms with Crippen molar-refractivity contribution in [2.75, 3.05) is 24.5 Å². The summed E-state index contributed by atoms with van der Waals surface area (Å²) in [4.78, 5) is 35.2. The van der Waals surface area contributed by atoms with E-state index in [4.69, 9.17) is 9.72 Å². The number of aryl methyl sites for hydroxylation is 1. The molecule has 7 heteroatoms. The topological polar surface area (TPSA) is 67.2 Å². The van der Waals surface area contributed by atoms with Crippen molar-refractivity contribution >= 4 is 17.4 Å². The highest BCUT2D eigenvalue weighted by atomic mass is 16.6. The zero-order valence-electron chi connectivity index (χ0n) is 21.8. The van der Waals surface area contributed by atoms with Gasteiger partial charge in [-0.05, 0) is 81.8 Å². The van der Waals surface area contributed by atoms with Crippen LogP contribution in [0.3, 0.4) is 0 Å². The number of carbonyl (C=O) groups excluding carboxylic acids is 1. The fourth-order valence-electron chi connectivity index (χ4n) is 5.40. The van der Waals surface area contributed by atoms with E-state index in [0.717, 1.165) is 49.9 Å². The predicted octanol–water partition coefficient (Wildman–Crippen LogP) is 5.08. The number of fused-ring (bicyclic) bond motifs is 2. The highest BCUT2D eigenvalue weighted by Crippen LogP contribution is 2.35. The van der Waals surface area contributed by atoms with Gasteiger partial charge in [0.25, 0.3) is 5.56 Å². The number of likely N-dealkylation sites (tertiary alicyclic amines) is 1. The van der Waals surface area contributed by atoms with Crippen molar-refractivity contribution in [3.63, 3.8) is 0 Å². The standard InChI is InChI=1S/C29H36N4O3/c1-5-6-9-23-26(27(34)33-15-8-7-10-25(33)30-23)21-11-12-24-20(18-21)13-17-32(24)22-14-16-31(19-22)28(35)36-29(2,3)4/h7-8,10-12,15,18,22H,5-6,9,13-14,16-17,19H2,1-4H3. The minimum absolute atomic E-state index is 0.00898. The Morgan fingerprint density at radius 2 is 2.00 bits per heavy atom. The number of hydrogen-bond acceptors (Lipinski definition) is 5. The lowest BCUT2D eigenvalue weighted by Gasteiger charge is -2.28. The molecule has 4 heterocycles. The number of anilines is 1. The molecule has 0 bridgehead atoms. The number of amides is 1. The maximum absolute atomic E-state index is 13.5. The second-order valence-electron chi connectivity index (χ2n) is 10.9. The monoisotopic (exact) mass is 488 g/mol. The average Bonchev–Trinajstić information content (AvgIpc) is 3.48. The smallest absolute Gasteiger partial charge is 0.410 e. The van der Waals surface area contributed by atoms with Crippen LogP contribution in [-0.4, -0.2) is 51.7 Å². The van der Waals surface area contributed by atoms with Gasteiger partial charge in [-0.1, -0.05) is 25.5 Å². The first-order valence-corrected chi connectivity index (χ1v) is 13.1. The second-order valence-corrected chi connectivity index (χ2v) is 10.9. The number of nitrogens with zero attached hydrogens (tertiary/aromatic N) is 4. The summed E-state index contributed by atoms with van der Waals surface area (Å²) in [7, 11) is 0. The number of aromatic nitrogens is 2. The summed E-state index contributed by atoms with van der Waals surface area (Å²) in [6.07, 6.45) is 6.26. The highest BCUT2D eigenvalue weighted by Gasteiger charge is 2.35. The molecule has 1 amide bonds. The SMILES string of the molecule is CCCCc1nc2ccccn2c(=O)c1-c1ccc2c(c1)CCN2C1CCN(C(=O)OC(C)(C)C)C1. The van der Waals surface area contributed by atoms with Crippen LogP contribution in [-0.2, 0) is 17.6 Å². The zero-order valence-corrected chi connectivity index (χ0v) is 21.8. The van der Waals surface area contributed by atoms with E-state index in [9.17, 15) is 9.59 Å². The molecular weight excluding hydrogens is 452 g/mol. The van der Waals surface area contributed by atoms with Crippen LogP contribution in [0.15, 0.2) is 47.4 Å². The number of pyridine rings is 1. The lowest BCUT2D eigenvalue weighted by molar-refractivity contribution is 0.0292. The summed E-state index contributed by atoms with van der Waals surface area (Å²) in [5, 5.41) is 0. The zero-order chi connectivity index (χ0) is 25.4. The van der Waals surface area contributed by atoms with Crippen molar-refractivity contribution in [1.82, 2.24) is 14.3 Å². The van der Waals surface area contributed by atoms with E-state index in [1.165, 1.54) is 11.3 Å². The van der Waals surface area contributed by atoms with Gasteiger partial charge in [-0.2, -0.15) is 0 Å². The van der Waals surface area contributed by atoms with Crippen LogP contribution in [0.25, 0.3) is 16.8 Å². The number of rotatable bonds is 5. The fraction of sp³-hybridized carbons (Fsp3) is 0.483. The van der Waals surface area contributed by atoms with Gasteiger partial charge >= 0.3 is 6.09 Å². The first kappa shape index (κ1) is 24.3. The first-order chi connectivity index (χ1) is 17.2. The molecule has 2 aliphatic rings. The molecule has 1 unspecified atom stereocenters. The Labute approximate surface area is 212 Å². The molecule has 2 aliphatic heterocycles. The molecule has 0 radical (unpaired) electrons. The Balaban J connectivity index is 1.42. The van der Waals surface area contributed by atoms with Gasteiger partial charge in [-0.3, -0.25) is 9.20 Å². The molecule has 0 N–H and O–H groups in total. The predicted molar refractivity (Wildman–Crippen MR) is 143 cm³/mol. The van der Waals surface area contributed by atoms with Gasteiger partial charge in [0.2, 0.25) is 0 Å². The Hall–Kier alpha value is -3.35. The average molecular weight is 489 g/mol. The van der Waals surface area contributed by atoms with Crippen molar-refractivity contribution in [2.24, 2.45) is 0 Å². The maximum Gasteiger partial charge on any atom is 0.410 e. The van der Waals surface area contributed by atoms with Crippen molar-refractivity contribution in [3.8, 4) is 11.1 Å². The van der Waals surface area contributed by atoms with Gasteiger partial charge in [0.05, 0.1) is 11.3 Å². The van der Waals surface area contributed by atoms with Gasteiger partial charge in [-0.15, -0.1) is 0 Å². The van der Waals surface area contributed by atoms with E-state index in [2.05, 4.69) is 30.0 Å². The largest absolute Gasteiger partial charge is 0.444 e. The summed E-state index contributed by atoms with van der Waals surface area (Å²) in [6, 6.07) is 12.4. The Morgan fingerprint density at radius 1 is 1.17 bits per heavy atom. The van der Waals surface area contributed by atoms with Gasteiger partial charge in [-0.25, -0.2) is 9.78 Å². The number of carbonyl (C=O) groups is 1. The van der Waals surface area contributed by atoms with Crippen LogP contribution >= 0.6 is 0 Å². The van der Waals surface area contributed by atoms with E-state index in [0.29, 0.717) is 24.3 Å². The number of unbranched alkanes of at least 4 members (excludes halogenated alkanes) is 1. The molecule has 190 valence electrons. The maximum atomic E-state index is 13.5. The first-order valence-electron chi connectivity index (χ1n) is 13.1. The number of ether oxygens (including phenoxy) is 1. The minimum atomic E-state index is -0.488. The molecule has 1 atom stereocenters. The van der Waals surface area contributed by atoms with Crippen molar-refractivity contribution in [1.29, 1.82) is 0 Å². The molecule has 36 heavy (non-hydrogen) atoms. The quantitative estimate of drug-likeness (QED) is 0.501. The lowest BCUT2D eigenvalue weighted by Crippen LogP contribution is -2.40. The highest BCUT2D eigenvalue weighted by molar-refractivity contribution is 5.73. The molecule has 0 saturated carbocycles. The van der Waals surface area contributed by atoms with Gasteiger partial charge in [0, 0.05) is 37.6 Å². The summed E-state index contributed by atoms with van der Waals surface area (Å²) >= 11 is 0. The molecule has 5 rings (SSSR count). The van der Waals surface area contributed by atoms with Crippen molar-refractivity contribution < 1.29 is 9.53 Å². The van der Waals surface area contributed by atoms with E-state index in [1.54, 1.807) is 10.6 Å². The molecule has 1 aromatic carbocycles. The molecule has 2 aromatic heterocycles.